The molecule has 7 heteroatoms. The van der Waals surface area contributed by atoms with Gasteiger partial charge in [0.15, 0.2) is 5.66 Å². The molecular formula is C19H21FN4O2. The number of amides is 2. The van der Waals surface area contributed by atoms with Crippen LogP contribution in [0.3, 0.4) is 0 Å². The Bertz CT molecular complexity index is 765. The van der Waals surface area contributed by atoms with E-state index in [1.165, 1.54) is 12.1 Å². The van der Waals surface area contributed by atoms with Crippen LogP contribution in [-0.4, -0.2) is 46.9 Å². The van der Waals surface area contributed by atoms with Gasteiger partial charge in [-0.15, -0.1) is 12.3 Å². The van der Waals surface area contributed by atoms with Crippen molar-refractivity contribution in [3.63, 3.8) is 0 Å². The van der Waals surface area contributed by atoms with Crippen molar-refractivity contribution < 1.29 is 14.0 Å². The van der Waals surface area contributed by atoms with Gasteiger partial charge in [-0.25, -0.2) is 4.39 Å². The number of carbonyl (C=O) groups excluding carboxylic acids is 2. The molecule has 0 N–H and O–H groups in total. The van der Waals surface area contributed by atoms with Crippen LogP contribution in [0.15, 0.2) is 34.5 Å². The molecule has 0 aliphatic carbocycles. The van der Waals surface area contributed by atoms with Crippen molar-refractivity contribution >= 4 is 11.8 Å². The number of halogens is 1. The Morgan fingerprint density at radius 2 is 2.12 bits per heavy atom. The summed E-state index contributed by atoms with van der Waals surface area (Å²) in [4.78, 5) is 27.9. The summed E-state index contributed by atoms with van der Waals surface area (Å²) in [5, 5.41) is 8.04. The largest absolute Gasteiger partial charge is 0.335 e. The molecule has 6 nitrogen and oxygen atoms in total. The molecule has 0 radical (unpaired) electrons. The fraction of sp³-hybridized carbons (Fsp3) is 0.474. The van der Waals surface area contributed by atoms with E-state index in [-0.39, 0.29) is 24.2 Å². The van der Waals surface area contributed by atoms with Gasteiger partial charge in [0.2, 0.25) is 11.8 Å². The molecule has 2 heterocycles. The molecule has 1 aromatic rings. The van der Waals surface area contributed by atoms with Crippen LogP contribution in [0.25, 0.3) is 0 Å². The number of carbonyl (C=O) groups is 2. The van der Waals surface area contributed by atoms with Gasteiger partial charge in [0, 0.05) is 45.3 Å². The maximum atomic E-state index is 13.3. The first-order valence-electron chi connectivity index (χ1n) is 8.69. The van der Waals surface area contributed by atoms with Crippen LogP contribution >= 0.6 is 0 Å². The Kier molecular flexibility index (Phi) is 5.31. The monoisotopic (exact) mass is 356 g/mol. The number of hydrogen-bond donors (Lipinski definition) is 0. The lowest BCUT2D eigenvalue weighted by Crippen LogP contribution is -2.51. The normalized spacial score (nSPS) is 17.9. The van der Waals surface area contributed by atoms with Crippen molar-refractivity contribution in [3.8, 4) is 12.3 Å². The molecule has 1 saturated heterocycles. The van der Waals surface area contributed by atoms with Gasteiger partial charge in [0.05, 0.1) is 6.54 Å². The van der Waals surface area contributed by atoms with Crippen molar-refractivity contribution in [2.75, 3.05) is 19.6 Å². The molecular weight excluding hydrogens is 335 g/mol. The van der Waals surface area contributed by atoms with Crippen LogP contribution in [0.1, 0.15) is 31.2 Å². The SMILES string of the molecule is C#CCCC1(CCC(=O)N2CCN(Cc3cccc(F)c3)C(=O)C2)N=N1. The van der Waals surface area contributed by atoms with Crippen molar-refractivity contribution in [1.82, 2.24) is 9.80 Å². The molecule has 0 aromatic heterocycles. The predicted molar refractivity (Wildman–Crippen MR) is 93.3 cm³/mol. The summed E-state index contributed by atoms with van der Waals surface area (Å²) < 4.78 is 13.3. The lowest BCUT2D eigenvalue weighted by Gasteiger charge is -2.34. The highest BCUT2D eigenvalue weighted by Crippen LogP contribution is 2.37. The second-order valence-electron chi connectivity index (χ2n) is 6.65. The molecule has 0 atom stereocenters. The second kappa shape index (κ2) is 7.65. The smallest absolute Gasteiger partial charge is 0.242 e. The van der Waals surface area contributed by atoms with Crippen molar-refractivity contribution in [1.29, 1.82) is 0 Å². The summed E-state index contributed by atoms with van der Waals surface area (Å²) in [6.45, 7) is 1.33. The standard InChI is InChI=1S/C19H21FN4O2/c1-2-3-8-19(21-22-19)9-7-17(25)24-11-10-23(18(26)14-24)13-15-5-4-6-16(20)12-15/h1,4-6,12H,3,7-11,13-14H2. The molecule has 3 rings (SSSR count). The summed E-state index contributed by atoms with van der Waals surface area (Å²) in [5.41, 5.74) is 0.260. The second-order valence-corrected chi connectivity index (χ2v) is 6.65. The molecule has 0 bridgehead atoms. The van der Waals surface area contributed by atoms with Gasteiger partial charge in [-0.1, -0.05) is 12.1 Å². The first-order valence-corrected chi connectivity index (χ1v) is 8.69. The third-order valence-corrected chi connectivity index (χ3v) is 4.73. The molecule has 26 heavy (non-hydrogen) atoms. The zero-order valence-corrected chi connectivity index (χ0v) is 14.5. The molecule has 0 unspecified atom stereocenters. The number of rotatable bonds is 7. The Morgan fingerprint density at radius 1 is 1.31 bits per heavy atom. The Hall–Kier alpha value is -2.75. The van der Waals surface area contributed by atoms with Crippen molar-refractivity contribution in [2.24, 2.45) is 10.2 Å². The van der Waals surface area contributed by atoms with E-state index in [1.807, 2.05) is 0 Å². The van der Waals surface area contributed by atoms with Crippen LogP contribution in [0.4, 0.5) is 4.39 Å². The van der Waals surface area contributed by atoms with E-state index in [0.29, 0.717) is 45.3 Å². The van der Waals surface area contributed by atoms with E-state index >= 15 is 0 Å². The molecule has 1 aromatic carbocycles. The van der Waals surface area contributed by atoms with E-state index in [4.69, 9.17) is 6.42 Å². The Labute approximate surface area is 152 Å². The minimum atomic E-state index is -0.481. The number of piperazine rings is 1. The van der Waals surface area contributed by atoms with E-state index in [1.54, 1.807) is 21.9 Å². The molecule has 0 spiro atoms. The van der Waals surface area contributed by atoms with E-state index in [0.717, 1.165) is 5.56 Å². The molecule has 136 valence electrons. The van der Waals surface area contributed by atoms with E-state index < -0.39 is 5.66 Å². The van der Waals surface area contributed by atoms with Crippen LogP contribution in [0.5, 0.6) is 0 Å². The summed E-state index contributed by atoms with van der Waals surface area (Å²) in [6.07, 6.45) is 7.34. The highest BCUT2D eigenvalue weighted by molar-refractivity contribution is 5.86. The predicted octanol–water partition coefficient (Wildman–Crippen LogP) is 2.35. The van der Waals surface area contributed by atoms with Gasteiger partial charge in [0.25, 0.3) is 0 Å². The van der Waals surface area contributed by atoms with Crippen molar-refractivity contribution in [2.45, 2.75) is 37.9 Å². The molecule has 2 aliphatic rings. The molecule has 0 saturated carbocycles. The van der Waals surface area contributed by atoms with Crippen molar-refractivity contribution in [3.05, 3.63) is 35.6 Å². The van der Waals surface area contributed by atoms with Gasteiger partial charge in [-0.05, 0) is 17.7 Å². The highest BCUT2D eigenvalue weighted by Gasteiger charge is 2.40. The van der Waals surface area contributed by atoms with Crippen LogP contribution in [0.2, 0.25) is 0 Å². The first-order chi connectivity index (χ1) is 12.5. The average molecular weight is 356 g/mol. The highest BCUT2D eigenvalue weighted by atomic mass is 19.1. The van der Waals surface area contributed by atoms with Crippen LogP contribution in [-0.2, 0) is 16.1 Å². The number of nitrogens with zero attached hydrogens (tertiary/aromatic N) is 4. The Morgan fingerprint density at radius 3 is 2.77 bits per heavy atom. The maximum Gasteiger partial charge on any atom is 0.242 e. The zero-order chi connectivity index (χ0) is 18.6. The van der Waals surface area contributed by atoms with Gasteiger partial charge < -0.3 is 9.80 Å². The molecule has 1 fully saturated rings. The summed E-state index contributed by atoms with van der Waals surface area (Å²) in [5.74, 6) is 2.04. The third kappa shape index (κ3) is 4.45. The topological polar surface area (TPSA) is 65.3 Å². The quantitative estimate of drug-likeness (QED) is 0.704. The maximum absolute atomic E-state index is 13.3. The van der Waals surface area contributed by atoms with Gasteiger partial charge in [-0.3, -0.25) is 9.59 Å². The summed E-state index contributed by atoms with van der Waals surface area (Å²) in [6, 6.07) is 6.20. The van der Waals surface area contributed by atoms with E-state index in [9.17, 15) is 14.0 Å². The lowest BCUT2D eigenvalue weighted by atomic mass is 10.0. The van der Waals surface area contributed by atoms with Crippen LogP contribution in [0, 0.1) is 18.2 Å². The van der Waals surface area contributed by atoms with Gasteiger partial charge in [0.1, 0.15) is 5.82 Å². The first kappa shape index (κ1) is 18.1. The average Bonchev–Trinajstić information content (AvgIpc) is 3.40. The minimum Gasteiger partial charge on any atom is -0.335 e. The van der Waals surface area contributed by atoms with Gasteiger partial charge in [-0.2, -0.15) is 10.2 Å². The minimum absolute atomic E-state index is 0.0553. The molecule has 2 aliphatic heterocycles. The number of benzene rings is 1. The lowest BCUT2D eigenvalue weighted by molar-refractivity contribution is -0.145. The number of terminal acetylenes is 1. The summed E-state index contributed by atoms with van der Waals surface area (Å²) in [7, 11) is 0. The number of hydrogen-bond acceptors (Lipinski definition) is 4. The van der Waals surface area contributed by atoms with Crippen LogP contribution < -0.4 is 0 Å². The summed E-state index contributed by atoms with van der Waals surface area (Å²) >= 11 is 0. The molecule has 2 amide bonds. The van der Waals surface area contributed by atoms with Gasteiger partial charge >= 0.3 is 0 Å². The zero-order valence-electron chi connectivity index (χ0n) is 14.5. The van der Waals surface area contributed by atoms with E-state index in [2.05, 4.69) is 16.1 Å². The fourth-order valence-corrected chi connectivity index (χ4v) is 3.08. The Balaban J connectivity index is 1.46. The third-order valence-electron chi connectivity index (χ3n) is 4.73. The fourth-order valence-electron chi connectivity index (χ4n) is 3.08.